The van der Waals surface area contributed by atoms with Crippen molar-refractivity contribution in [3.63, 3.8) is 0 Å². The van der Waals surface area contributed by atoms with Crippen LogP contribution in [0.15, 0.2) is 41.3 Å². The monoisotopic (exact) mass is 538 g/mol. The lowest BCUT2D eigenvalue weighted by molar-refractivity contribution is -0.137. The minimum Gasteiger partial charge on any atom is -0.347 e. The molecule has 2 amide bonds. The summed E-state index contributed by atoms with van der Waals surface area (Å²) in [6.07, 6.45) is -1.18. The maximum absolute atomic E-state index is 14.7. The summed E-state index contributed by atoms with van der Waals surface area (Å²) in [4.78, 5) is 28.3. The van der Waals surface area contributed by atoms with Crippen LogP contribution in [0.1, 0.15) is 65.2 Å². The summed E-state index contributed by atoms with van der Waals surface area (Å²) in [6.45, 7) is 0.295. The molecule has 1 saturated heterocycles. The van der Waals surface area contributed by atoms with Crippen LogP contribution in [0, 0.1) is 11.7 Å². The number of halogens is 4. The normalized spacial score (nSPS) is 21.8. The molecule has 2 aromatic carbocycles. The zero-order valence-corrected chi connectivity index (χ0v) is 20.7. The number of fused-ring (bicyclic) bond motifs is 1. The van der Waals surface area contributed by atoms with Crippen molar-refractivity contribution in [1.29, 1.82) is 0 Å². The van der Waals surface area contributed by atoms with Crippen LogP contribution in [0.25, 0.3) is 0 Å². The van der Waals surface area contributed by atoms with Gasteiger partial charge in [0.05, 0.1) is 22.3 Å². The first-order valence-corrected chi connectivity index (χ1v) is 13.9. The number of rotatable bonds is 5. The minimum absolute atomic E-state index is 0.00220. The van der Waals surface area contributed by atoms with Gasteiger partial charge in [-0.25, -0.2) is 12.8 Å². The molecule has 6 nitrogen and oxygen atoms in total. The van der Waals surface area contributed by atoms with E-state index in [2.05, 4.69) is 5.32 Å². The van der Waals surface area contributed by atoms with Gasteiger partial charge in [-0.1, -0.05) is 12.1 Å². The third kappa shape index (κ3) is 5.10. The molecule has 11 heteroatoms. The molecule has 1 N–H and O–H groups in total. The number of aryl methyl sites for hydroxylation is 1. The first-order valence-electron chi connectivity index (χ1n) is 12.3. The van der Waals surface area contributed by atoms with Gasteiger partial charge < -0.3 is 10.2 Å². The van der Waals surface area contributed by atoms with Crippen molar-refractivity contribution >= 4 is 21.7 Å². The Bertz CT molecular complexity index is 1350. The Hall–Kier alpha value is -2.95. The number of carbonyl (C=O) groups excluding carboxylic acids is 2. The van der Waals surface area contributed by atoms with E-state index < -0.39 is 51.3 Å². The number of nitrogens with one attached hydrogen (secondary N) is 1. The number of sulfone groups is 1. The molecular weight excluding hydrogens is 512 g/mol. The van der Waals surface area contributed by atoms with Gasteiger partial charge in [0.1, 0.15) is 11.9 Å². The fourth-order valence-corrected chi connectivity index (χ4v) is 6.82. The number of benzene rings is 2. The van der Waals surface area contributed by atoms with Crippen molar-refractivity contribution in [3.05, 3.63) is 64.5 Å². The third-order valence-corrected chi connectivity index (χ3v) is 9.20. The highest BCUT2D eigenvalue weighted by molar-refractivity contribution is 7.91. The van der Waals surface area contributed by atoms with Crippen LogP contribution < -0.4 is 5.32 Å². The maximum atomic E-state index is 14.7. The van der Waals surface area contributed by atoms with Gasteiger partial charge in [-0.2, -0.15) is 13.2 Å². The lowest BCUT2D eigenvalue weighted by atomic mass is 9.96. The molecule has 0 spiro atoms. The molecule has 0 radical (unpaired) electrons. The highest BCUT2D eigenvalue weighted by Crippen LogP contribution is 2.43. The van der Waals surface area contributed by atoms with Gasteiger partial charge in [0, 0.05) is 17.7 Å². The Morgan fingerprint density at radius 3 is 2.46 bits per heavy atom. The van der Waals surface area contributed by atoms with E-state index in [0.29, 0.717) is 56.7 Å². The van der Waals surface area contributed by atoms with Crippen molar-refractivity contribution in [3.8, 4) is 0 Å². The molecule has 1 saturated carbocycles. The lowest BCUT2D eigenvalue weighted by Crippen LogP contribution is -2.52. The average Bonchev–Trinajstić information content (AvgIpc) is 3.66. The average molecular weight is 539 g/mol. The van der Waals surface area contributed by atoms with E-state index in [1.807, 2.05) is 0 Å². The zero-order chi connectivity index (χ0) is 26.5. The fourth-order valence-electron chi connectivity index (χ4n) is 5.24. The van der Waals surface area contributed by atoms with E-state index in [-0.39, 0.29) is 27.7 Å². The molecule has 0 bridgehead atoms. The number of alkyl halides is 3. The lowest BCUT2D eigenvalue weighted by Gasteiger charge is -2.36. The zero-order valence-electron chi connectivity index (χ0n) is 19.9. The summed E-state index contributed by atoms with van der Waals surface area (Å²) < 4.78 is 78.4. The summed E-state index contributed by atoms with van der Waals surface area (Å²) in [7, 11) is -3.44. The summed E-state index contributed by atoms with van der Waals surface area (Å²) in [5.41, 5.74) is -0.275. The standard InChI is InChI=1S/C26H26F4N2O4S/c27-20-14-18(26(28,29)30)8-9-19(20)23(16-5-6-16)31-24(33)21-3-1-2-11-32(21)25(34)17-7-4-15-10-12-37(35,36)22(15)13-17/h4,7-9,13-14,16,21,23H,1-3,5-6,10-12H2,(H,31,33)/t21-,23?/m1/s1. The Morgan fingerprint density at radius 2 is 1.78 bits per heavy atom. The molecule has 2 aliphatic heterocycles. The SMILES string of the molecule is O=C(NC(c1ccc(C(F)(F)F)cc1F)C1CC1)[C@H]1CCCCN1C(=O)c1ccc2c(c1)S(=O)(=O)CC2. The summed E-state index contributed by atoms with van der Waals surface area (Å²) in [5.74, 6) is -2.11. The first-order chi connectivity index (χ1) is 17.5. The predicted molar refractivity (Wildman–Crippen MR) is 126 cm³/mol. The Morgan fingerprint density at radius 1 is 1.03 bits per heavy atom. The van der Waals surface area contributed by atoms with Crippen LogP contribution in [0.5, 0.6) is 0 Å². The Labute approximate surface area is 212 Å². The van der Waals surface area contributed by atoms with Gasteiger partial charge in [0.15, 0.2) is 9.84 Å². The van der Waals surface area contributed by atoms with Crippen molar-refractivity contribution in [2.24, 2.45) is 5.92 Å². The van der Waals surface area contributed by atoms with E-state index in [9.17, 15) is 35.6 Å². The number of piperidine rings is 1. The van der Waals surface area contributed by atoms with Crippen molar-refractivity contribution in [1.82, 2.24) is 10.2 Å². The van der Waals surface area contributed by atoms with E-state index in [4.69, 9.17) is 0 Å². The summed E-state index contributed by atoms with van der Waals surface area (Å²) in [6, 6.07) is 5.21. The fraction of sp³-hybridized carbons (Fsp3) is 0.462. The molecule has 3 aliphatic rings. The smallest absolute Gasteiger partial charge is 0.347 e. The maximum Gasteiger partial charge on any atom is 0.416 e. The van der Waals surface area contributed by atoms with Crippen LogP contribution in [0.3, 0.4) is 0 Å². The van der Waals surface area contributed by atoms with Gasteiger partial charge >= 0.3 is 6.18 Å². The number of likely N-dealkylation sites (tertiary alicyclic amines) is 1. The Balaban J connectivity index is 1.37. The van der Waals surface area contributed by atoms with Crippen molar-refractivity contribution in [2.75, 3.05) is 12.3 Å². The summed E-state index contributed by atoms with van der Waals surface area (Å²) >= 11 is 0. The van der Waals surface area contributed by atoms with Crippen LogP contribution >= 0.6 is 0 Å². The van der Waals surface area contributed by atoms with Gasteiger partial charge in [0.2, 0.25) is 5.91 Å². The van der Waals surface area contributed by atoms with Crippen molar-refractivity contribution in [2.45, 2.75) is 61.7 Å². The molecular formula is C26H26F4N2O4S. The first kappa shape index (κ1) is 25.7. The third-order valence-electron chi connectivity index (χ3n) is 7.41. The van der Waals surface area contributed by atoms with Crippen molar-refractivity contribution < 1.29 is 35.6 Å². The Kier molecular flexibility index (Phi) is 6.54. The molecule has 1 aliphatic carbocycles. The highest BCUT2D eigenvalue weighted by Gasteiger charge is 2.40. The van der Waals surface area contributed by atoms with Crippen LogP contribution in [-0.4, -0.2) is 43.5 Å². The molecule has 2 aromatic rings. The number of nitrogens with zero attached hydrogens (tertiary/aromatic N) is 1. The number of hydrogen-bond acceptors (Lipinski definition) is 4. The van der Waals surface area contributed by atoms with Gasteiger partial charge in [-0.05, 0) is 74.3 Å². The summed E-state index contributed by atoms with van der Waals surface area (Å²) in [5, 5.41) is 2.81. The topological polar surface area (TPSA) is 83.6 Å². The molecule has 198 valence electrons. The molecule has 2 atom stereocenters. The molecule has 5 rings (SSSR count). The van der Waals surface area contributed by atoms with E-state index >= 15 is 0 Å². The molecule has 1 unspecified atom stereocenters. The van der Waals surface area contributed by atoms with Gasteiger partial charge in [-0.3, -0.25) is 9.59 Å². The molecule has 0 aromatic heterocycles. The molecule has 2 heterocycles. The molecule has 2 fully saturated rings. The second kappa shape index (κ2) is 9.41. The number of carbonyl (C=O) groups is 2. The molecule has 37 heavy (non-hydrogen) atoms. The van der Waals surface area contributed by atoms with E-state index in [1.165, 1.54) is 11.0 Å². The van der Waals surface area contributed by atoms with Gasteiger partial charge in [-0.15, -0.1) is 0 Å². The number of hydrogen-bond donors (Lipinski definition) is 1. The second-order valence-electron chi connectivity index (χ2n) is 9.96. The quantitative estimate of drug-likeness (QED) is 0.571. The second-order valence-corrected chi connectivity index (χ2v) is 12.0. The van der Waals surface area contributed by atoms with Crippen LogP contribution in [0.4, 0.5) is 17.6 Å². The number of amides is 2. The van der Waals surface area contributed by atoms with Crippen LogP contribution in [-0.2, 0) is 27.2 Å². The van der Waals surface area contributed by atoms with Gasteiger partial charge in [0.25, 0.3) is 5.91 Å². The predicted octanol–water partition coefficient (Wildman–Crippen LogP) is 4.44. The highest BCUT2D eigenvalue weighted by atomic mass is 32.2. The largest absolute Gasteiger partial charge is 0.416 e. The van der Waals surface area contributed by atoms with Crippen LogP contribution in [0.2, 0.25) is 0 Å². The van der Waals surface area contributed by atoms with E-state index in [1.54, 1.807) is 12.1 Å². The minimum atomic E-state index is -4.68. The van der Waals surface area contributed by atoms with E-state index in [0.717, 1.165) is 12.1 Å².